The molecule has 0 aliphatic rings. The smallest absolute Gasteiger partial charge is 0.127 e. The predicted octanol–water partition coefficient (Wildman–Crippen LogP) is 2.82. The van der Waals surface area contributed by atoms with E-state index in [0.717, 1.165) is 12.1 Å². The van der Waals surface area contributed by atoms with Crippen molar-refractivity contribution in [1.29, 1.82) is 0 Å². The molecule has 0 fully saturated rings. The summed E-state index contributed by atoms with van der Waals surface area (Å²) in [6.07, 6.45) is 0. The minimum absolute atomic E-state index is 0.204. The first-order valence-electron chi connectivity index (χ1n) is 3.37. The van der Waals surface area contributed by atoms with E-state index in [9.17, 15) is 8.78 Å². The molecule has 1 rings (SSSR count). The molecule has 1 aromatic rings. The normalized spacial score (nSPS) is 10.3. The number of hydrogen-bond donors (Lipinski definition) is 2. The van der Waals surface area contributed by atoms with Gasteiger partial charge in [-0.15, -0.1) is 0 Å². The van der Waals surface area contributed by atoms with Crippen LogP contribution >= 0.6 is 25.3 Å². The molecule has 12 heavy (non-hydrogen) atoms. The van der Waals surface area contributed by atoms with Crippen molar-refractivity contribution in [2.45, 2.75) is 11.5 Å². The Morgan fingerprint density at radius 3 is 1.50 bits per heavy atom. The molecule has 0 bridgehead atoms. The monoisotopic (exact) mass is 206 g/mol. The summed E-state index contributed by atoms with van der Waals surface area (Å²) in [7, 11) is 0. The average molecular weight is 206 g/mol. The molecule has 0 aromatic heterocycles. The lowest BCUT2D eigenvalue weighted by Gasteiger charge is -2.03. The van der Waals surface area contributed by atoms with Crippen molar-refractivity contribution in [2.24, 2.45) is 0 Å². The Bertz CT molecular complexity index is 257. The van der Waals surface area contributed by atoms with Crippen LogP contribution in [-0.4, -0.2) is 0 Å². The lowest BCUT2D eigenvalue weighted by molar-refractivity contribution is 0.583. The Hall–Kier alpha value is -0.220. The van der Waals surface area contributed by atoms with E-state index in [2.05, 4.69) is 25.3 Å². The average Bonchev–Trinajstić information content (AvgIpc) is 2.08. The molecule has 0 N–H and O–H groups in total. The van der Waals surface area contributed by atoms with Crippen LogP contribution in [0.25, 0.3) is 0 Å². The van der Waals surface area contributed by atoms with E-state index < -0.39 is 11.6 Å². The molecule has 0 aliphatic carbocycles. The van der Waals surface area contributed by atoms with Gasteiger partial charge in [0.25, 0.3) is 0 Å². The summed E-state index contributed by atoms with van der Waals surface area (Å²) in [4.78, 5) is 0. The predicted molar refractivity (Wildman–Crippen MR) is 51.7 cm³/mol. The summed E-state index contributed by atoms with van der Waals surface area (Å²) in [6, 6.07) is 2.32. The fourth-order valence-corrected chi connectivity index (χ4v) is 1.36. The SMILES string of the molecule is Fc1cc(CS)c(F)cc1CS. The third-order valence-electron chi connectivity index (χ3n) is 1.56. The number of thiol groups is 2. The highest BCUT2D eigenvalue weighted by Gasteiger charge is 2.06. The zero-order chi connectivity index (χ0) is 9.14. The highest BCUT2D eigenvalue weighted by atomic mass is 32.1. The van der Waals surface area contributed by atoms with Crippen molar-refractivity contribution >= 4 is 25.3 Å². The summed E-state index contributed by atoms with van der Waals surface area (Å²) in [5.74, 6) is -0.434. The summed E-state index contributed by atoms with van der Waals surface area (Å²) in [5, 5.41) is 0. The topological polar surface area (TPSA) is 0 Å². The van der Waals surface area contributed by atoms with Crippen LogP contribution in [0.1, 0.15) is 11.1 Å². The van der Waals surface area contributed by atoms with E-state index in [4.69, 9.17) is 0 Å². The maximum Gasteiger partial charge on any atom is 0.127 e. The van der Waals surface area contributed by atoms with Gasteiger partial charge in [0.1, 0.15) is 11.6 Å². The van der Waals surface area contributed by atoms with Crippen LogP contribution < -0.4 is 0 Å². The largest absolute Gasteiger partial charge is 0.207 e. The zero-order valence-electron chi connectivity index (χ0n) is 6.22. The van der Waals surface area contributed by atoms with Crippen molar-refractivity contribution < 1.29 is 8.78 Å². The van der Waals surface area contributed by atoms with Crippen molar-refractivity contribution in [3.8, 4) is 0 Å². The Labute approximate surface area is 80.8 Å². The van der Waals surface area contributed by atoms with Gasteiger partial charge >= 0.3 is 0 Å². The fraction of sp³-hybridized carbons (Fsp3) is 0.250. The summed E-state index contributed by atoms with van der Waals surface area (Å²) in [6.45, 7) is 0. The van der Waals surface area contributed by atoms with E-state index in [1.165, 1.54) is 0 Å². The van der Waals surface area contributed by atoms with Gasteiger partial charge in [-0.1, -0.05) is 0 Å². The molecule has 0 radical (unpaired) electrons. The first kappa shape index (κ1) is 9.86. The summed E-state index contributed by atoms with van der Waals surface area (Å²) >= 11 is 7.73. The van der Waals surface area contributed by atoms with Gasteiger partial charge in [0.2, 0.25) is 0 Å². The van der Waals surface area contributed by atoms with E-state index in [1.807, 2.05) is 0 Å². The highest BCUT2D eigenvalue weighted by Crippen LogP contribution is 2.17. The van der Waals surface area contributed by atoms with Gasteiger partial charge in [0.15, 0.2) is 0 Å². The van der Waals surface area contributed by atoms with Crippen molar-refractivity contribution in [3.63, 3.8) is 0 Å². The number of hydrogen-bond acceptors (Lipinski definition) is 2. The quantitative estimate of drug-likeness (QED) is 0.683. The second-order valence-corrected chi connectivity index (χ2v) is 2.98. The van der Waals surface area contributed by atoms with E-state index in [1.54, 1.807) is 0 Å². The van der Waals surface area contributed by atoms with Crippen molar-refractivity contribution in [3.05, 3.63) is 34.9 Å². The van der Waals surface area contributed by atoms with Gasteiger partial charge < -0.3 is 0 Å². The third kappa shape index (κ3) is 1.93. The van der Waals surface area contributed by atoms with E-state index in [-0.39, 0.29) is 22.6 Å². The first-order valence-corrected chi connectivity index (χ1v) is 4.64. The van der Waals surface area contributed by atoms with Crippen LogP contribution in [0.3, 0.4) is 0 Å². The number of halogens is 2. The van der Waals surface area contributed by atoms with Crippen LogP contribution in [0, 0.1) is 11.6 Å². The Morgan fingerprint density at radius 2 is 1.25 bits per heavy atom. The van der Waals surface area contributed by atoms with Crippen LogP contribution in [0.4, 0.5) is 8.78 Å². The molecule has 0 saturated heterocycles. The summed E-state index contributed by atoms with van der Waals surface area (Å²) in [5.41, 5.74) is 0.558. The lowest BCUT2D eigenvalue weighted by Crippen LogP contribution is -1.93. The van der Waals surface area contributed by atoms with Crippen LogP contribution in [-0.2, 0) is 11.5 Å². The molecule has 0 spiro atoms. The molecule has 0 saturated carbocycles. The second kappa shape index (κ2) is 4.14. The summed E-state index contributed by atoms with van der Waals surface area (Å²) < 4.78 is 25.9. The van der Waals surface area contributed by atoms with Gasteiger partial charge in [-0.3, -0.25) is 0 Å². The molecular weight excluding hydrogens is 198 g/mol. The van der Waals surface area contributed by atoms with Crippen molar-refractivity contribution in [2.75, 3.05) is 0 Å². The fourth-order valence-electron chi connectivity index (χ4n) is 0.872. The van der Waals surface area contributed by atoms with Gasteiger partial charge in [-0.05, 0) is 12.1 Å². The minimum Gasteiger partial charge on any atom is -0.207 e. The third-order valence-corrected chi connectivity index (χ3v) is 2.24. The molecule has 0 amide bonds. The van der Waals surface area contributed by atoms with Gasteiger partial charge in [-0.2, -0.15) is 25.3 Å². The molecule has 0 aliphatic heterocycles. The van der Waals surface area contributed by atoms with Crippen LogP contribution in [0.5, 0.6) is 0 Å². The Kier molecular flexibility index (Phi) is 3.40. The van der Waals surface area contributed by atoms with Gasteiger partial charge in [-0.25, -0.2) is 8.78 Å². The highest BCUT2D eigenvalue weighted by molar-refractivity contribution is 7.79. The van der Waals surface area contributed by atoms with Crippen LogP contribution in [0.15, 0.2) is 12.1 Å². The zero-order valence-corrected chi connectivity index (χ0v) is 8.01. The van der Waals surface area contributed by atoms with Gasteiger partial charge in [0, 0.05) is 22.6 Å². The lowest BCUT2D eigenvalue weighted by atomic mass is 10.1. The minimum atomic E-state index is -0.421. The molecule has 0 unspecified atom stereocenters. The number of rotatable bonds is 2. The van der Waals surface area contributed by atoms with Crippen molar-refractivity contribution in [1.82, 2.24) is 0 Å². The molecule has 1 aromatic carbocycles. The Morgan fingerprint density at radius 1 is 0.917 bits per heavy atom. The number of benzene rings is 1. The maximum atomic E-state index is 13.0. The molecule has 66 valence electrons. The second-order valence-electron chi connectivity index (χ2n) is 2.35. The first-order chi connectivity index (χ1) is 5.69. The molecule has 4 heteroatoms. The van der Waals surface area contributed by atoms with Crippen LogP contribution in [0.2, 0.25) is 0 Å². The maximum absolute atomic E-state index is 13.0. The Balaban J connectivity index is 3.16. The standard InChI is InChI=1S/C8H8F2S2/c9-7-1-5(3-11)8(10)2-6(7)4-12/h1-2,11-12H,3-4H2. The molecule has 0 heterocycles. The van der Waals surface area contributed by atoms with E-state index in [0.29, 0.717) is 0 Å². The molecule has 0 atom stereocenters. The molecule has 0 nitrogen and oxygen atoms in total. The molecular formula is C8H8F2S2. The van der Waals surface area contributed by atoms with Gasteiger partial charge in [0.05, 0.1) is 0 Å². The van der Waals surface area contributed by atoms with E-state index >= 15 is 0 Å².